The van der Waals surface area contributed by atoms with E-state index in [1.807, 2.05) is 54.6 Å². The van der Waals surface area contributed by atoms with E-state index in [1.165, 1.54) is 12.1 Å². The molecule has 0 saturated carbocycles. The zero-order valence-corrected chi connectivity index (χ0v) is 16.0. The Kier molecular flexibility index (Phi) is 5.44. The van der Waals surface area contributed by atoms with E-state index in [1.54, 1.807) is 13.2 Å². The third kappa shape index (κ3) is 4.22. The molecule has 4 rings (SSSR count). The highest BCUT2D eigenvalue weighted by atomic mass is 16.6. The molecule has 0 aromatic heterocycles. The van der Waals surface area contributed by atoms with E-state index in [4.69, 9.17) is 14.2 Å². The van der Waals surface area contributed by atoms with E-state index in [2.05, 4.69) is 0 Å². The van der Waals surface area contributed by atoms with E-state index >= 15 is 0 Å². The molecule has 0 spiro atoms. The molecule has 148 valence electrons. The Morgan fingerprint density at radius 1 is 1.07 bits per heavy atom. The lowest BCUT2D eigenvalue weighted by atomic mass is 9.94. The molecule has 6 nitrogen and oxygen atoms in total. The number of methoxy groups -OCH3 is 1. The van der Waals surface area contributed by atoms with E-state index in [0.29, 0.717) is 24.3 Å². The Hall–Kier alpha value is -3.38. The van der Waals surface area contributed by atoms with Crippen molar-refractivity contribution in [2.45, 2.75) is 25.2 Å². The number of fused-ring (bicyclic) bond motifs is 1. The highest BCUT2D eigenvalue weighted by molar-refractivity contribution is 5.47. The fraction of sp³-hybridized carbons (Fsp3) is 0.217. The van der Waals surface area contributed by atoms with Crippen LogP contribution in [0.5, 0.6) is 11.5 Å². The second kappa shape index (κ2) is 8.32. The van der Waals surface area contributed by atoms with Crippen LogP contribution in [-0.4, -0.2) is 12.0 Å². The molecule has 3 aromatic carbocycles. The highest BCUT2D eigenvalue weighted by Gasteiger charge is 2.31. The third-order valence-corrected chi connectivity index (χ3v) is 5.03. The minimum absolute atomic E-state index is 0.0350. The van der Waals surface area contributed by atoms with Gasteiger partial charge < -0.3 is 14.2 Å². The zero-order chi connectivity index (χ0) is 20.2. The number of nitrogens with zero attached hydrogens (tertiary/aromatic N) is 1. The fourth-order valence-electron chi connectivity index (χ4n) is 3.48. The molecular formula is C23H21NO5. The standard InChI is InChI=1S/C23H21NO5/c1-27-23-14-22(29-21-12-9-18(24(25)26)13-20(21)23)17-7-10-19(11-8-17)28-15-16-5-3-2-4-6-16/h2-13,22-23H,14-15H2,1H3/t22-,23?/m1/s1. The third-order valence-electron chi connectivity index (χ3n) is 5.03. The highest BCUT2D eigenvalue weighted by Crippen LogP contribution is 2.43. The molecular weight excluding hydrogens is 370 g/mol. The lowest BCUT2D eigenvalue weighted by Gasteiger charge is -2.31. The number of hydrogen-bond acceptors (Lipinski definition) is 5. The number of non-ortho nitro benzene ring substituents is 1. The molecule has 1 aliphatic rings. The minimum atomic E-state index is -0.409. The van der Waals surface area contributed by atoms with Gasteiger partial charge in [0.15, 0.2) is 0 Å². The summed E-state index contributed by atoms with van der Waals surface area (Å²) in [6, 6.07) is 22.4. The van der Waals surface area contributed by atoms with Gasteiger partial charge in [-0.05, 0) is 29.3 Å². The van der Waals surface area contributed by atoms with Gasteiger partial charge in [-0.25, -0.2) is 0 Å². The summed E-state index contributed by atoms with van der Waals surface area (Å²) in [5.74, 6) is 1.40. The smallest absolute Gasteiger partial charge is 0.270 e. The van der Waals surface area contributed by atoms with Crippen molar-refractivity contribution in [2.75, 3.05) is 7.11 Å². The van der Waals surface area contributed by atoms with Crippen molar-refractivity contribution in [3.05, 3.63) is 99.6 Å². The lowest BCUT2D eigenvalue weighted by molar-refractivity contribution is -0.385. The maximum atomic E-state index is 11.1. The zero-order valence-electron chi connectivity index (χ0n) is 16.0. The second-order valence-corrected chi connectivity index (χ2v) is 6.89. The SMILES string of the molecule is COC1C[C@H](c2ccc(OCc3ccccc3)cc2)Oc2ccc([N+](=O)[O-])cc21. The van der Waals surface area contributed by atoms with Crippen molar-refractivity contribution < 1.29 is 19.1 Å². The number of nitro benzene ring substituents is 1. The molecule has 1 aliphatic heterocycles. The van der Waals surface area contributed by atoms with Crippen molar-refractivity contribution in [3.63, 3.8) is 0 Å². The van der Waals surface area contributed by atoms with Crippen molar-refractivity contribution in [2.24, 2.45) is 0 Å². The Morgan fingerprint density at radius 2 is 1.83 bits per heavy atom. The largest absolute Gasteiger partial charge is 0.489 e. The van der Waals surface area contributed by atoms with Gasteiger partial charge in [0.05, 0.1) is 11.0 Å². The first kappa shape index (κ1) is 19.0. The first-order chi connectivity index (χ1) is 14.1. The summed E-state index contributed by atoms with van der Waals surface area (Å²) in [4.78, 5) is 10.6. The maximum Gasteiger partial charge on any atom is 0.270 e. The maximum absolute atomic E-state index is 11.1. The Labute approximate surface area is 168 Å². The normalized spacial score (nSPS) is 17.8. The van der Waals surface area contributed by atoms with Crippen LogP contribution in [0.15, 0.2) is 72.8 Å². The first-order valence-corrected chi connectivity index (χ1v) is 9.38. The molecule has 1 unspecified atom stereocenters. The minimum Gasteiger partial charge on any atom is -0.489 e. The average molecular weight is 391 g/mol. The van der Waals surface area contributed by atoms with Crippen LogP contribution >= 0.6 is 0 Å². The van der Waals surface area contributed by atoms with Gasteiger partial charge in [-0.1, -0.05) is 42.5 Å². The van der Waals surface area contributed by atoms with Gasteiger partial charge in [-0.2, -0.15) is 0 Å². The summed E-state index contributed by atoms with van der Waals surface area (Å²) < 4.78 is 17.5. The molecule has 29 heavy (non-hydrogen) atoms. The van der Waals surface area contributed by atoms with E-state index in [-0.39, 0.29) is 17.9 Å². The summed E-state index contributed by atoms with van der Waals surface area (Å²) >= 11 is 0. The van der Waals surface area contributed by atoms with Crippen molar-refractivity contribution >= 4 is 5.69 Å². The summed E-state index contributed by atoms with van der Waals surface area (Å²) in [5.41, 5.74) is 2.86. The predicted molar refractivity (Wildman–Crippen MR) is 108 cm³/mol. The van der Waals surface area contributed by atoms with E-state index < -0.39 is 4.92 Å². The summed E-state index contributed by atoms with van der Waals surface area (Å²) in [7, 11) is 1.61. The van der Waals surface area contributed by atoms with Crippen molar-refractivity contribution in [3.8, 4) is 11.5 Å². The Morgan fingerprint density at radius 3 is 2.52 bits per heavy atom. The van der Waals surface area contributed by atoms with Gasteiger partial charge in [0.1, 0.15) is 24.2 Å². The second-order valence-electron chi connectivity index (χ2n) is 6.89. The van der Waals surface area contributed by atoms with Crippen LogP contribution in [0, 0.1) is 10.1 Å². The van der Waals surface area contributed by atoms with Crippen molar-refractivity contribution in [1.29, 1.82) is 0 Å². The van der Waals surface area contributed by atoms with Crippen molar-refractivity contribution in [1.82, 2.24) is 0 Å². The monoisotopic (exact) mass is 391 g/mol. The van der Waals surface area contributed by atoms with Crippen LogP contribution in [0.2, 0.25) is 0 Å². The molecule has 0 N–H and O–H groups in total. The summed E-state index contributed by atoms with van der Waals surface area (Å²) in [5, 5.41) is 11.1. The van der Waals surface area contributed by atoms with E-state index in [0.717, 1.165) is 16.9 Å². The van der Waals surface area contributed by atoms with Gasteiger partial charge >= 0.3 is 0 Å². The number of benzene rings is 3. The molecule has 6 heteroatoms. The molecule has 0 radical (unpaired) electrons. The lowest BCUT2D eigenvalue weighted by Crippen LogP contribution is -2.20. The van der Waals surface area contributed by atoms with Crippen LogP contribution in [0.3, 0.4) is 0 Å². The van der Waals surface area contributed by atoms with Gasteiger partial charge in [-0.3, -0.25) is 10.1 Å². The fourth-order valence-corrected chi connectivity index (χ4v) is 3.48. The molecule has 3 aromatic rings. The molecule has 0 saturated heterocycles. The first-order valence-electron chi connectivity index (χ1n) is 9.38. The van der Waals surface area contributed by atoms with Crippen LogP contribution in [0.25, 0.3) is 0 Å². The van der Waals surface area contributed by atoms with Crippen LogP contribution < -0.4 is 9.47 Å². The molecule has 1 heterocycles. The summed E-state index contributed by atoms with van der Waals surface area (Å²) in [6.45, 7) is 0.512. The number of nitro groups is 1. The van der Waals surface area contributed by atoms with Crippen LogP contribution in [-0.2, 0) is 11.3 Å². The van der Waals surface area contributed by atoms with Crippen LogP contribution in [0.4, 0.5) is 5.69 Å². The van der Waals surface area contributed by atoms with Gasteiger partial charge in [0, 0.05) is 31.2 Å². The quantitative estimate of drug-likeness (QED) is 0.416. The number of hydrogen-bond donors (Lipinski definition) is 0. The van der Waals surface area contributed by atoms with Gasteiger partial charge in [-0.15, -0.1) is 0 Å². The predicted octanol–water partition coefficient (Wildman–Crippen LogP) is 5.39. The van der Waals surface area contributed by atoms with Gasteiger partial charge in [0.2, 0.25) is 0 Å². The van der Waals surface area contributed by atoms with E-state index in [9.17, 15) is 10.1 Å². The van der Waals surface area contributed by atoms with Crippen LogP contribution in [0.1, 0.15) is 35.3 Å². The molecule has 0 fully saturated rings. The average Bonchev–Trinajstić information content (AvgIpc) is 2.77. The molecule has 2 atom stereocenters. The number of ether oxygens (including phenoxy) is 3. The molecule has 0 amide bonds. The Balaban J connectivity index is 1.48. The molecule has 0 bridgehead atoms. The number of rotatable bonds is 6. The topological polar surface area (TPSA) is 70.8 Å². The summed E-state index contributed by atoms with van der Waals surface area (Å²) in [6.07, 6.45) is 0.115. The van der Waals surface area contributed by atoms with Gasteiger partial charge in [0.25, 0.3) is 5.69 Å². The molecule has 0 aliphatic carbocycles. The Bertz CT molecular complexity index is 988.